The van der Waals surface area contributed by atoms with Crippen LogP contribution in [0.1, 0.15) is 5.56 Å². The van der Waals surface area contributed by atoms with E-state index in [1.165, 1.54) is 0 Å². The van der Waals surface area contributed by atoms with E-state index in [1.54, 1.807) is 0 Å². The highest BCUT2D eigenvalue weighted by atomic mass is 35.5. The number of rotatable bonds is 6. The lowest BCUT2D eigenvalue weighted by Crippen LogP contribution is -2.24. The van der Waals surface area contributed by atoms with Crippen LogP contribution in [0.5, 0.6) is 5.88 Å². The van der Waals surface area contributed by atoms with Crippen LogP contribution in [0.3, 0.4) is 0 Å². The van der Waals surface area contributed by atoms with Crippen LogP contribution < -0.4 is 15.6 Å². The molecular weight excluding hydrogens is 435 g/mol. The summed E-state index contributed by atoms with van der Waals surface area (Å²) in [6, 6.07) is 4.55. The van der Waals surface area contributed by atoms with Crippen molar-refractivity contribution in [2.75, 3.05) is 18.5 Å². The maximum Gasteiger partial charge on any atom is 0.421 e. The van der Waals surface area contributed by atoms with E-state index in [4.69, 9.17) is 16.3 Å². The van der Waals surface area contributed by atoms with E-state index in [1.807, 2.05) is 0 Å². The van der Waals surface area contributed by atoms with E-state index in [2.05, 4.69) is 15.4 Å². The van der Waals surface area contributed by atoms with E-state index < -0.39 is 34.8 Å². The molecule has 30 heavy (non-hydrogen) atoms. The molecule has 0 saturated carbocycles. The van der Waals surface area contributed by atoms with Gasteiger partial charge in [0.15, 0.2) is 5.82 Å². The molecule has 0 saturated heterocycles. The fourth-order valence-electron chi connectivity index (χ4n) is 2.44. The Bertz CT molecular complexity index is 1120. The Morgan fingerprint density at radius 3 is 2.67 bits per heavy atom. The van der Waals surface area contributed by atoms with Crippen molar-refractivity contribution < 1.29 is 26.7 Å². The highest BCUT2D eigenvalue weighted by Crippen LogP contribution is 2.34. The molecule has 0 spiro atoms. The first kappa shape index (κ1) is 21.5. The Hall–Kier alpha value is -3.21. The fourth-order valence-corrected chi connectivity index (χ4v) is 2.63. The van der Waals surface area contributed by atoms with Gasteiger partial charge in [-0.3, -0.25) is 4.79 Å². The number of halogens is 6. The first-order chi connectivity index (χ1) is 14.2. The van der Waals surface area contributed by atoms with Crippen LogP contribution in [0.25, 0.3) is 5.69 Å². The molecule has 0 unspecified atom stereocenters. The highest BCUT2D eigenvalue weighted by Gasteiger charge is 2.35. The van der Waals surface area contributed by atoms with Crippen molar-refractivity contribution in [3.05, 3.63) is 75.3 Å². The number of aromatic nitrogens is 3. The zero-order valence-corrected chi connectivity index (χ0v) is 15.6. The van der Waals surface area contributed by atoms with E-state index >= 15 is 0 Å². The van der Waals surface area contributed by atoms with Crippen molar-refractivity contribution in [3.63, 3.8) is 0 Å². The molecule has 3 rings (SSSR count). The van der Waals surface area contributed by atoms with Gasteiger partial charge in [0.05, 0.1) is 11.9 Å². The molecule has 1 N–H and O–H groups in total. The van der Waals surface area contributed by atoms with Gasteiger partial charge in [0.2, 0.25) is 5.88 Å². The molecule has 3 aromatic rings. The predicted molar refractivity (Wildman–Crippen MR) is 98.0 cm³/mol. The van der Waals surface area contributed by atoms with Crippen LogP contribution >= 0.6 is 11.6 Å². The minimum absolute atomic E-state index is 0.0381. The fraction of sp³-hybridized carbons (Fsp3) is 0.167. The Kier molecular flexibility index (Phi) is 6.20. The second kappa shape index (κ2) is 8.66. The molecule has 2 heterocycles. The van der Waals surface area contributed by atoms with Gasteiger partial charge in [0.1, 0.15) is 28.7 Å². The molecule has 0 aliphatic rings. The smallest absolute Gasteiger partial charge is 0.421 e. The third kappa shape index (κ3) is 4.67. The van der Waals surface area contributed by atoms with Crippen LogP contribution in [0, 0.1) is 11.6 Å². The Morgan fingerprint density at radius 2 is 1.97 bits per heavy atom. The lowest BCUT2D eigenvalue weighted by molar-refractivity contribution is -0.139. The van der Waals surface area contributed by atoms with Crippen molar-refractivity contribution in [3.8, 4) is 11.6 Å². The summed E-state index contributed by atoms with van der Waals surface area (Å²) in [6.07, 6.45) is -2.34. The van der Waals surface area contributed by atoms with Gasteiger partial charge in [-0.05, 0) is 24.3 Å². The van der Waals surface area contributed by atoms with Gasteiger partial charge in [-0.2, -0.15) is 23.0 Å². The zero-order chi connectivity index (χ0) is 21.9. The molecule has 0 radical (unpaired) electrons. The monoisotopic (exact) mass is 446 g/mol. The van der Waals surface area contributed by atoms with Crippen molar-refractivity contribution in [1.29, 1.82) is 0 Å². The third-order valence-electron chi connectivity index (χ3n) is 3.79. The Morgan fingerprint density at radius 1 is 1.20 bits per heavy atom. The Balaban J connectivity index is 1.69. The number of benzene rings is 1. The summed E-state index contributed by atoms with van der Waals surface area (Å²) in [5.74, 6) is -2.42. The quantitative estimate of drug-likeness (QED) is 0.456. The molecule has 2 aromatic heterocycles. The summed E-state index contributed by atoms with van der Waals surface area (Å²) < 4.78 is 71.3. The summed E-state index contributed by atoms with van der Waals surface area (Å²) >= 11 is 5.98. The van der Waals surface area contributed by atoms with Crippen LogP contribution in [0.15, 0.2) is 47.5 Å². The molecule has 0 fully saturated rings. The first-order valence-electron chi connectivity index (χ1n) is 8.30. The summed E-state index contributed by atoms with van der Waals surface area (Å²) in [6.45, 7) is -0.268. The van der Waals surface area contributed by atoms with Crippen molar-refractivity contribution in [1.82, 2.24) is 14.8 Å². The van der Waals surface area contributed by atoms with Crippen LogP contribution in [-0.4, -0.2) is 27.9 Å². The van der Waals surface area contributed by atoms with E-state index in [0.717, 1.165) is 36.7 Å². The minimum atomic E-state index is -4.62. The topological polar surface area (TPSA) is 69.0 Å². The minimum Gasteiger partial charge on any atom is -0.475 e. The second-order valence-electron chi connectivity index (χ2n) is 5.81. The highest BCUT2D eigenvalue weighted by molar-refractivity contribution is 6.32. The van der Waals surface area contributed by atoms with Gasteiger partial charge in [0, 0.05) is 18.8 Å². The average Bonchev–Trinajstić information content (AvgIpc) is 2.68. The number of pyridine rings is 1. The maximum absolute atomic E-state index is 13.9. The van der Waals surface area contributed by atoms with Gasteiger partial charge < -0.3 is 10.1 Å². The van der Waals surface area contributed by atoms with Crippen LogP contribution in [-0.2, 0) is 6.18 Å². The van der Waals surface area contributed by atoms with E-state index in [0.29, 0.717) is 10.7 Å². The van der Waals surface area contributed by atoms with Crippen LogP contribution in [0.2, 0.25) is 5.02 Å². The Labute approximate surface area is 170 Å². The normalized spacial score (nSPS) is 11.4. The van der Waals surface area contributed by atoms with Gasteiger partial charge in [-0.15, -0.1) is 0 Å². The number of hydrogen-bond acceptors (Lipinski definition) is 5. The SMILES string of the molecule is O=c1c(Cl)c(NCCOc2ncccc2C(F)(F)F)cnn1-c1ccc(F)cc1F. The van der Waals surface area contributed by atoms with Gasteiger partial charge in [-0.1, -0.05) is 11.6 Å². The largest absolute Gasteiger partial charge is 0.475 e. The van der Waals surface area contributed by atoms with Gasteiger partial charge in [-0.25, -0.2) is 13.8 Å². The third-order valence-corrected chi connectivity index (χ3v) is 4.15. The summed E-state index contributed by atoms with van der Waals surface area (Å²) in [7, 11) is 0. The molecule has 0 bridgehead atoms. The molecule has 0 amide bonds. The number of nitrogens with zero attached hydrogens (tertiary/aromatic N) is 3. The number of hydrogen-bond donors (Lipinski definition) is 1. The lowest BCUT2D eigenvalue weighted by Gasteiger charge is -2.13. The standard InChI is InChI=1S/C18H12ClF5N4O2/c19-15-13(9-27-28(17(15)29)14-4-3-10(20)8-12(14)21)25-6-7-30-16-11(18(22,23)24)2-1-5-26-16/h1-5,8-9,25H,6-7H2. The molecule has 0 aliphatic heterocycles. The molecule has 158 valence electrons. The van der Waals surface area contributed by atoms with Crippen molar-refractivity contribution in [2.45, 2.75) is 6.18 Å². The van der Waals surface area contributed by atoms with Crippen molar-refractivity contribution >= 4 is 17.3 Å². The van der Waals surface area contributed by atoms with Crippen molar-refractivity contribution in [2.24, 2.45) is 0 Å². The molecular formula is C18H12ClF5N4O2. The van der Waals surface area contributed by atoms with Gasteiger partial charge >= 0.3 is 6.18 Å². The van der Waals surface area contributed by atoms with Crippen LogP contribution in [0.4, 0.5) is 27.6 Å². The predicted octanol–water partition coefficient (Wildman–Crippen LogP) is 4.07. The molecule has 1 aromatic carbocycles. The summed E-state index contributed by atoms with van der Waals surface area (Å²) in [5.41, 5.74) is -2.14. The second-order valence-corrected chi connectivity index (χ2v) is 6.19. The molecule has 0 atom stereocenters. The number of alkyl halides is 3. The number of anilines is 1. The lowest BCUT2D eigenvalue weighted by atomic mass is 10.2. The number of ether oxygens (including phenoxy) is 1. The maximum atomic E-state index is 13.9. The summed E-state index contributed by atoms with van der Waals surface area (Å²) in [4.78, 5) is 15.9. The molecule has 12 heteroatoms. The molecule has 0 aliphatic carbocycles. The zero-order valence-electron chi connectivity index (χ0n) is 14.9. The summed E-state index contributed by atoms with van der Waals surface area (Å²) in [5, 5.41) is 6.12. The molecule has 6 nitrogen and oxygen atoms in total. The first-order valence-corrected chi connectivity index (χ1v) is 8.68. The van der Waals surface area contributed by atoms with E-state index in [9.17, 15) is 26.7 Å². The van der Waals surface area contributed by atoms with E-state index in [-0.39, 0.29) is 29.5 Å². The average molecular weight is 447 g/mol. The van der Waals surface area contributed by atoms with Gasteiger partial charge in [0.25, 0.3) is 5.56 Å². The number of nitrogens with one attached hydrogen (secondary N) is 1.